The zero-order chi connectivity index (χ0) is 17.7. The first kappa shape index (κ1) is 18.1. The maximum atomic E-state index is 12.2. The van der Waals surface area contributed by atoms with Crippen molar-refractivity contribution in [2.45, 2.75) is 19.9 Å². The van der Waals surface area contributed by atoms with Crippen LogP contribution in [0.2, 0.25) is 10.0 Å². The first-order chi connectivity index (χ1) is 11.3. The fourth-order valence-corrected chi connectivity index (χ4v) is 2.46. The smallest absolute Gasteiger partial charge is 0.246 e. The van der Waals surface area contributed by atoms with E-state index in [0.717, 1.165) is 5.69 Å². The molecule has 126 valence electrons. The molecule has 0 aliphatic heterocycles. The summed E-state index contributed by atoms with van der Waals surface area (Å²) in [5, 5.41) is 9.39. The number of amides is 2. The van der Waals surface area contributed by atoms with Gasteiger partial charge in [0.05, 0.1) is 10.7 Å². The van der Waals surface area contributed by atoms with Crippen LogP contribution in [0.4, 0.5) is 17.1 Å². The summed E-state index contributed by atoms with van der Waals surface area (Å²) in [5.41, 5.74) is 1.95. The van der Waals surface area contributed by atoms with E-state index < -0.39 is 6.04 Å². The molecule has 2 aromatic carbocycles. The van der Waals surface area contributed by atoms with Gasteiger partial charge in [-0.3, -0.25) is 9.59 Å². The molecule has 0 bridgehead atoms. The first-order valence-corrected chi connectivity index (χ1v) is 8.01. The van der Waals surface area contributed by atoms with E-state index in [1.807, 2.05) is 0 Å². The highest BCUT2D eigenvalue weighted by Gasteiger charge is 2.14. The Morgan fingerprint density at radius 3 is 2.17 bits per heavy atom. The van der Waals surface area contributed by atoms with Gasteiger partial charge in [0.25, 0.3) is 0 Å². The van der Waals surface area contributed by atoms with Crippen LogP contribution in [0.1, 0.15) is 13.8 Å². The molecule has 24 heavy (non-hydrogen) atoms. The summed E-state index contributed by atoms with van der Waals surface area (Å²) in [6, 6.07) is 11.5. The Morgan fingerprint density at radius 1 is 0.958 bits per heavy atom. The highest BCUT2D eigenvalue weighted by Crippen LogP contribution is 2.25. The van der Waals surface area contributed by atoms with Crippen LogP contribution in [-0.2, 0) is 9.59 Å². The fourth-order valence-electron chi connectivity index (χ4n) is 2.00. The van der Waals surface area contributed by atoms with Gasteiger partial charge in [0, 0.05) is 23.3 Å². The molecule has 5 nitrogen and oxygen atoms in total. The molecule has 0 spiro atoms. The summed E-state index contributed by atoms with van der Waals surface area (Å²) in [5.74, 6) is -0.367. The molecule has 2 amide bonds. The van der Waals surface area contributed by atoms with Crippen molar-refractivity contribution >= 4 is 52.1 Å². The summed E-state index contributed by atoms with van der Waals surface area (Å²) in [6.07, 6.45) is 0. The van der Waals surface area contributed by atoms with Gasteiger partial charge in [-0.15, -0.1) is 0 Å². The molecule has 3 N–H and O–H groups in total. The number of nitrogens with one attached hydrogen (secondary N) is 3. The van der Waals surface area contributed by atoms with E-state index in [4.69, 9.17) is 23.2 Å². The predicted octanol–water partition coefficient (Wildman–Crippen LogP) is 4.39. The Morgan fingerprint density at radius 2 is 1.58 bits per heavy atom. The maximum Gasteiger partial charge on any atom is 0.246 e. The number of benzene rings is 2. The Balaban J connectivity index is 1.97. The highest BCUT2D eigenvalue weighted by molar-refractivity contribution is 6.36. The molecule has 0 saturated carbocycles. The third kappa shape index (κ3) is 5.15. The number of carbonyl (C=O) groups excluding carboxylic acids is 2. The monoisotopic (exact) mass is 365 g/mol. The lowest BCUT2D eigenvalue weighted by Crippen LogP contribution is -2.31. The zero-order valence-corrected chi connectivity index (χ0v) is 14.7. The third-order valence-corrected chi connectivity index (χ3v) is 3.72. The molecule has 0 aromatic heterocycles. The molecule has 0 heterocycles. The Labute approximate surface area is 150 Å². The van der Waals surface area contributed by atoms with Crippen LogP contribution in [0.5, 0.6) is 0 Å². The molecule has 0 aliphatic carbocycles. The molecule has 0 radical (unpaired) electrons. The lowest BCUT2D eigenvalue weighted by atomic mass is 10.2. The zero-order valence-electron chi connectivity index (χ0n) is 13.2. The van der Waals surface area contributed by atoms with Crippen LogP contribution < -0.4 is 16.0 Å². The van der Waals surface area contributed by atoms with Gasteiger partial charge in [0.15, 0.2) is 0 Å². The minimum atomic E-state index is -0.483. The van der Waals surface area contributed by atoms with E-state index >= 15 is 0 Å². The van der Waals surface area contributed by atoms with Crippen LogP contribution >= 0.6 is 23.2 Å². The van der Waals surface area contributed by atoms with E-state index in [2.05, 4.69) is 16.0 Å². The maximum absolute atomic E-state index is 12.2. The summed E-state index contributed by atoms with van der Waals surface area (Å²) >= 11 is 11.9. The SMILES string of the molecule is CC(=O)Nc1ccc(N[C@@H](C)C(=O)Nc2ccc(Cl)cc2Cl)cc1. The Hall–Kier alpha value is -2.24. The number of rotatable bonds is 5. The molecule has 0 saturated heterocycles. The van der Waals surface area contributed by atoms with Crippen LogP contribution in [0, 0.1) is 0 Å². The Kier molecular flexibility index (Phi) is 6.06. The summed E-state index contributed by atoms with van der Waals surface area (Å²) < 4.78 is 0. The molecule has 0 aliphatic rings. The standard InChI is InChI=1S/C17H17Cl2N3O2/c1-10(17(24)22-16-8-3-12(18)9-15(16)19)20-13-4-6-14(7-5-13)21-11(2)23/h3-10,20H,1-2H3,(H,21,23)(H,22,24)/t10-/m0/s1. The third-order valence-electron chi connectivity index (χ3n) is 3.17. The molecule has 1 atom stereocenters. The quantitative estimate of drug-likeness (QED) is 0.735. The summed E-state index contributed by atoms with van der Waals surface area (Å²) in [7, 11) is 0. The van der Waals surface area contributed by atoms with Crippen molar-refractivity contribution in [3.63, 3.8) is 0 Å². The number of hydrogen-bond acceptors (Lipinski definition) is 3. The summed E-state index contributed by atoms with van der Waals surface area (Å²) in [4.78, 5) is 23.2. The number of anilines is 3. The average molecular weight is 366 g/mol. The lowest BCUT2D eigenvalue weighted by Gasteiger charge is -2.16. The van der Waals surface area contributed by atoms with Crippen molar-refractivity contribution in [3.8, 4) is 0 Å². The van der Waals surface area contributed by atoms with Crippen molar-refractivity contribution < 1.29 is 9.59 Å². The van der Waals surface area contributed by atoms with E-state index in [0.29, 0.717) is 21.4 Å². The molecular formula is C17H17Cl2N3O2. The van der Waals surface area contributed by atoms with Crippen LogP contribution in [0.3, 0.4) is 0 Å². The van der Waals surface area contributed by atoms with Gasteiger partial charge >= 0.3 is 0 Å². The normalized spacial score (nSPS) is 11.5. The predicted molar refractivity (Wildman–Crippen MR) is 98.9 cm³/mol. The second-order valence-electron chi connectivity index (χ2n) is 5.24. The first-order valence-electron chi connectivity index (χ1n) is 7.25. The van der Waals surface area contributed by atoms with Crippen molar-refractivity contribution in [2.75, 3.05) is 16.0 Å². The minimum absolute atomic E-state index is 0.136. The fraction of sp³-hybridized carbons (Fsp3) is 0.176. The molecule has 2 rings (SSSR count). The lowest BCUT2D eigenvalue weighted by molar-refractivity contribution is -0.116. The molecule has 7 heteroatoms. The van der Waals surface area contributed by atoms with Gasteiger partial charge < -0.3 is 16.0 Å². The second-order valence-corrected chi connectivity index (χ2v) is 6.08. The second kappa shape index (κ2) is 8.04. The van der Waals surface area contributed by atoms with Gasteiger partial charge in [-0.25, -0.2) is 0 Å². The Bertz CT molecular complexity index is 748. The van der Waals surface area contributed by atoms with Crippen molar-refractivity contribution in [1.29, 1.82) is 0 Å². The molecule has 0 fully saturated rings. The van der Waals surface area contributed by atoms with Crippen LogP contribution in [0.25, 0.3) is 0 Å². The van der Waals surface area contributed by atoms with E-state index in [1.54, 1.807) is 49.4 Å². The highest BCUT2D eigenvalue weighted by atomic mass is 35.5. The minimum Gasteiger partial charge on any atom is -0.374 e. The molecular weight excluding hydrogens is 349 g/mol. The van der Waals surface area contributed by atoms with Crippen LogP contribution in [0.15, 0.2) is 42.5 Å². The van der Waals surface area contributed by atoms with E-state index in [9.17, 15) is 9.59 Å². The van der Waals surface area contributed by atoms with Gasteiger partial charge in [0.2, 0.25) is 11.8 Å². The van der Waals surface area contributed by atoms with Gasteiger partial charge in [-0.1, -0.05) is 23.2 Å². The van der Waals surface area contributed by atoms with E-state index in [-0.39, 0.29) is 11.8 Å². The largest absolute Gasteiger partial charge is 0.374 e. The summed E-state index contributed by atoms with van der Waals surface area (Å²) in [6.45, 7) is 3.18. The van der Waals surface area contributed by atoms with Gasteiger partial charge in [0.1, 0.15) is 6.04 Å². The average Bonchev–Trinajstić information content (AvgIpc) is 2.51. The van der Waals surface area contributed by atoms with E-state index in [1.165, 1.54) is 6.92 Å². The number of hydrogen-bond donors (Lipinski definition) is 3. The van der Waals surface area contributed by atoms with Crippen molar-refractivity contribution in [3.05, 3.63) is 52.5 Å². The number of carbonyl (C=O) groups is 2. The molecule has 0 unspecified atom stereocenters. The van der Waals surface area contributed by atoms with Gasteiger partial charge in [-0.05, 0) is 49.4 Å². The van der Waals surface area contributed by atoms with Gasteiger partial charge in [-0.2, -0.15) is 0 Å². The van der Waals surface area contributed by atoms with Crippen LogP contribution in [-0.4, -0.2) is 17.9 Å². The topological polar surface area (TPSA) is 70.2 Å². The van der Waals surface area contributed by atoms with Crippen molar-refractivity contribution in [2.24, 2.45) is 0 Å². The number of halogens is 2. The van der Waals surface area contributed by atoms with Crippen molar-refractivity contribution in [1.82, 2.24) is 0 Å². The molecule has 2 aromatic rings.